The summed E-state index contributed by atoms with van der Waals surface area (Å²) in [4.78, 5) is 5.91. The first-order chi connectivity index (χ1) is 10.1. The summed E-state index contributed by atoms with van der Waals surface area (Å²) in [6.45, 7) is 6.10. The van der Waals surface area contributed by atoms with Crippen LogP contribution < -0.4 is 10.2 Å². The van der Waals surface area contributed by atoms with Gasteiger partial charge in [0, 0.05) is 23.7 Å². The summed E-state index contributed by atoms with van der Waals surface area (Å²) in [6, 6.07) is 7.04. The molecule has 1 aliphatic heterocycles. The molecule has 3 nitrogen and oxygen atoms in total. The molecule has 0 amide bonds. The molecule has 1 aliphatic rings. The Hall–Kier alpha value is -1.59. The molecule has 1 unspecified atom stereocenters. The van der Waals surface area contributed by atoms with Gasteiger partial charge in [0.1, 0.15) is 5.82 Å². The summed E-state index contributed by atoms with van der Waals surface area (Å²) in [5.41, 5.74) is 3.17. The van der Waals surface area contributed by atoms with Gasteiger partial charge < -0.3 is 10.2 Å². The molecular weight excluding hydrogens is 285 g/mol. The maximum absolute atomic E-state index is 13.5. The number of anilines is 2. The van der Waals surface area contributed by atoms with Crippen molar-refractivity contribution in [3.8, 4) is 0 Å². The summed E-state index contributed by atoms with van der Waals surface area (Å²) in [5.74, 6) is -0.206. The number of nitrogens with zero attached hydrogens (tertiary/aromatic N) is 2. The lowest BCUT2D eigenvalue weighted by atomic mass is 10.2. The average Bonchev–Trinajstić information content (AvgIpc) is 3.01. The number of thiophene rings is 1. The SMILES string of the molecule is Cc1ccc(F)cc1NC1N(C)CCN1c1ccsc1C. The smallest absolute Gasteiger partial charge is 0.157 e. The van der Waals surface area contributed by atoms with Crippen molar-refractivity contribution in [2.45, 2.75) is 20.1 Å². The third-order valence-electron chi connectivity index (χ3n) is 4.03. The van der Waals surface area contributed by atoms with E-state index < -0.39 is 0 Å². The second-order valence-electron chi connectivity index (χ2n) is 5.51. The molecule has 1 aromatic heterocycles. The van der Waals surface area contributed by atoms with Crippen LogP contribution in [0.5, 0.6) is 0 Å². The Bertz CT molecular complexity index is 640. The van der Waals surface area contributed by atoms with Crippen molar-refractivity contribution < 1.29 is 4.39 Å². The zero-order valence-electron chi connectivity index (χ0n) is 12.6. The minimum atomic E-state index is -0.206. The van der Waals surface area contributed by atoms with E-state index in [1.807, 2.05) is 13.0 Å². The van der Waals surface area contributed by atoms with Crippen molar-refractivity contribution in [3.63, 3.8) is 0 Å². The Morgan fingerprint density at radius 1 is 1.24 bits per heavy atom. The summed E-state index contributed by atoms with van der Waals surface area (Å²) < 4.78 is 13.5. The standard InChI is InChI=1S/C16H20FN3S/c1-11-4-5-13(17)10-14(11)18-16-19(3)7-8-20(16)15-6-9-21-12(15)2/h4-6,9-10,16,18H,7-8H2,1-3H3. The molecule has 1 fully saturated rings. The fourth-order valence-electron chi connectivity index (χ4n) is 2.75. The molecule has 2 heterocycles. The van der Waals surface area contributed by atoms with Gasteiger partial charge in [-0.15, -0.1) is 11.3 Å². The Kier molecular flexibility index (Phi) is 3.87. The molecule has 21 heavy (non-hydrogen) atoms. The molecule has 0 saturated carbocycles. The van der Waals surface area contributed by atoms with Crippen LogP contribution in [0, 0.1) is 19.7 Å². The monoisotopic (exact) mass is 305 g/mol. The highest BCUT2D eigenvalue weighted by Crippen LogP contribution is 2.31. The Balaban J connectivity index is 1.88. The van der Waals surface area contributed by atoms with Crippen LogP contribution in [0.15, 0.2) is 29.6 Å². The van der Waals surface area contributed by atoms with Crippen molar-refractivity contribution in [1.29, 1.82) is 0 Å². The van der Waals surface area contributed by atoms with E-state index in [-0.39, 0.29) is 12.1 Å². The minimum absolute atomic E-state index is 0.0544. The van der Waals surface area contributed by atoms with Gasteiger partial charge in [-0.3, -0.25) is 4.90 Å². The fraction of sp³-hybridized carbons (Fsp3) is 0.375. The number of nitrogens with one attached hydrogen (secondary N) is 1. The molecule has 1 saturated heterocycles. The predicted molar refractivity (Wildman–Crippen MR) is 87.6 cm³/mol. The lowest BCUT2D eigenvalue weighted by Gasteiger charge is -2.31. The van der Waals surface area contributed by atoms with Crippen LogP contribution in [-0.4, -0.2) is 31.3 Å². The van der Waals surface area contributed by atoms with Crippen LogP contribution in [0.1, 0.15) is 10.4 Å². The molecule has 2 aromatic rings. The van der Waals surface area contributed by atoms with Crippen LogP contribution in [0.3, 0.4) is 0 Å². The number of likely N-dealkylation sites (N-methyl/N-ethyl adjacent to an activating group) is 1. The van der Waals surface area contributed by atoms with E-state index in [0.29, 0.717) is 0 Å². The number of benzene rings is 1. The van der Waals surface area contributed by atoms with E-state index in [1.54, 1.807) is 17.4 Å². The molecule has 1 atom stereocenters. The van der Waals surface area contributed by atoms with Gasteiger partial charge in [0.15, 0.2) is 6.29 Å². The number of rotatable bonds is 3. The molecule has 0 aliphatic carbocycles. The lowest BCUT2D eigenvalue weighted by Crippen LogP contribution is -2.43. The van der Waals surface area contributed by atoms with Crippen molar-refractivity contribution in [2.24, 2.45) is 0 Å². The van der Waals surface area contributed by atoms with Gasteiger partial charge in [-0.25, -0.2) is 4.39 Å². The lowest BCUT2D eigenvalue weighted by molar-refractivity contribution is 0.339. The molecular formula is C16H20FN3S. The van der Waals surface area contributed by atoms with E-state index in [0.717, 1.165) is 24.3 Å². The van der Waals surface area contributed by atoms with Crippen LogP contribution in [0.2, 0.25) is 0 Å². The van der Waals surface area contributed by atoms with Gasteiger partial charge >= 0.3 is 0 Å². The molecule has 0 spiro atoms. The molecule has 1 aromatic carbocycles. The minimum Gasteiger partial charge on any atom is -0.352 e. The van der Waals surface area contributed by atoms with Gasteiger partial charge in [-0.1, -0.05) is 6.07 Å². The largest absolute Gasteiger partial charge is 0.352 e. The van der Waals surface area contributed by atoms with E-state index in [1.165, 1.54) is 16.6 Å². The van der Waals surface area contributed by atoms with E-state index in [4.69, 9.17) is 0 Å². The first kappa shape index (κ1) is 14.4. The highest BCUT2D eigenvalue weighted by molar-refractivity contribution is 7.10. The molecule has 3 rings (SSSR count). The van der Waals surface area contributed by atoms with Crippen LogP contribution in [0.25, 0.3) is 0 Å². The number of aryl methyl sites for hydroxylation is 2. The third-order valence-corrected chi connectivity index (χ3v) is 4.87. The highest BCUT2D eigenvalue weighted by atomic mass is 32.1. The molecule has 0 radical (unpaired) electrons. The van der Waals surface area contributed by atoms with Gasteiger partial charge in [0.25, 0.3) is 0 Å². The Labute approximate surface area is 129 Å². The number of hydrogen-bond acceptors (Lipinski definition) is 4. The average molecular weight is 305 g/mol. The second-order valence-corrected chi connectivity index (χ2v) is 6.63. The molecule has 1 N–H and O–H groups in total. The van der Waals surface area contributed by atoms with Crippen molar-refractivity contribution in [3.05, 3.63) is 45.9 Å². The predicted octanol–water partition coefficient (Wildman–Crippen LogP) is 3.65. The maximum atomic E-state index is 13.5. The number of halogens is 1. The first-order valence-corrected chi connectivity index (χ1v) is 7.98. The highest BCUT2D eigenvalue weighted by Gasteiger charge is 2.30. The second kappa shape index (κ2) is 5.66. The van der Waals surface area contributed by atoms with Crippen LogP contribution in [-0.2, 0) is 0 Å². The van der Waals surface area contributed by atoms with E-state index in [2.05, 4.69) is 40.5 Å². The van der Waals surface area contributed by atoms with E-state index in [9.17, 15) is 4.39 Å². The Morgan fingerprint density at radius 3 is 2.76 bits per heavy atom. The van der Waals surface area contributed by atoms with Gasteiger partial charge in [-0.05, 0) is 50.0 Å². The van der Waals surface area contributed by atoms with Gasteiger partial charge in [0.05, 0.1) is 5.69 Å². The van der Waals surface area contributed by atoms with Crippen LogP contribution >= 0.6 is 11.3 Å². The normalized spacial score (nSPS) is 19.2. The summed E-state index contributed by atoms with van der Waals surface area (Å²) in [6.07, 6.45) is 0.0544. The third kappa shape index (κ3) is 2.76. The molecule has 112 valence electrons. The first-order valence-electron chi connectivity index (χ1n) is 7.10. The summed E-state index contributed by atoms with van der Waals surface area (Å²) >= 11 is 1.76. The van der Waals surface area contributed by atoms with Crippen molar-refractivity contribution in [2.75, 3.05) is 30.4 Å². The Morgan fingerprint density at radius 2 is 2.05 bits per heavy atom. The molecule has 5 heteroatoms. The molecule has 0 bridgehead atoms. The quantitative estimate of drug-likeness (QED) is 0.934. The van der Waals surface area contributed by atoms with E-state index >= 15 is 0 Å². The summed E-state index contributed by atoms with van der Waals surface area (Å²) in [5, 5.41) is 5.60. The zero-order valence-corrected chi connectivity index (χ0v) is 13.4. The fourth-order valence-corrected chi connectivity index (χ4v) is 3.46. The van der Waals surface area contributed by atoms with Gasteiger partial charge in [-0.2, -0.15) is 0 Å². The topological polar surface area (TPSA) is 18.5 Å². The maximum Gasteiger partial charge on any atom is 0.157 e. The van der Waals surface area contributed by atoms with Crippen molar-refractivity contribution >= 4 is 22.7 Å². The van der Waals surface area contributed by atoms with Gasteiger partial charge in [0.2, 0.25) is 0 Å². The van der Waals surface area contributed by atoms with Crippen molar-refractivity contribution in [1.82, 2.24) is 4.90 Å². The van der Waals surface area contributed by atoms with Crippen LogP contribution in [0.4, 0.5) is 15.8 Å². The summed E-state index contributed by atoms with van der Waals surface area (Å²) in [7, 11) is 2.09. The zero-order chi connectivity index (χ0) is 15.0. The number of hydrogen-bond donors (Lipinski definition) is 1.